The summed E-state index contributed by atoms with van der Waals surface area (Å²) in [6.07, 6.45) is 5.33. The monoisotopic (exact) mass is 242 g/mol. The van der Waals surface area contributed by atoms with Gasteiger partial charge < -0.3 is 4.98 Å². The van der Waals surface area contributed by atoms with E-state index in [1.54, 1.807) is 0 Å². The van der Waals surface area contributed by atoms with Gasteiger partial charge in [0.15, 0.2) is 0 Å². The first-order valence-electron chi connectivity index (χ1n) is 6.96. The molecule has 0 aliphatic heterocycles. The zero-order chi connectivity index (χ0) is 13.0. The van der Waals surface area contributed by atoms with Crippen LogP contribution in [0.25, 0.3) is 0 Å². The number of nitrogens with zero attached hydrogens (tertiary/aromatic N) is 1. The summed E-state index contributed by atoms with van der Waals surface area (Å²) in [6, 6.07) is 8.76. The predicted octanol–water partition coefficient (Wildman–Crippen LogP) is 4.08. The Kier molecular flexibility index (Phi) is 4.19. The van der Waals surface area contributed by atoms with Crippen LogP contribution in [-0.4, -0.2) is 9.97 Å². The Morgan fingerprint density at radius 2 is 1.94 bits per heavy atom. The average molecular weight is 242 g/mol. The molecular formula is C16H22N2. The summed E-state index contributed by atoms with van der Waals surface area (Å²) in [5.41, 5.74) is 5.48. The van der Waals surface area contributed by atoms with Crippen LogP contribution in [0.1, 0.15) is 55.6 Å². The van der Waals surface area contributed by atoms with Crippen LogP contribution in [-0.2, 0) is 12.8 Å². The first kappa shape index (κ1) is 12.9. The van der Waals surface area contributed by atoms with Crippen LogP contribution in [0.15, 0.2) is 30.6 Å². The van der Waals surface area contributed by atoms with Crippen LogP contribution >= 0.6 is 0 Å². The quantitative estimate of drug-likeness (QED) is 0.741. The van der Waals surface area contributed by atoms with Crippen LogP contribution in [0.2, 0.25) is 0 Å². The maximum absolute atomic E-state index is 4.48. The molecule has 0 saturated heterocycles. The third-order valence-electron chi connectivity index (χ3n) is 3.56. The predicted molar refractivity (Wildman–Crippen MR) is 75.9 cm³/mol. The Morgan fingerprint density at radius 1 is 1.17 bits per heavy atom. The molecule has 96 valence electrons. The lowest BCUT2D eigenvalue weighted by Crippen LogP contribution is -2.08. The number of hydrogen-bond acceptors (Lipinski definition) is 1. The van der Waals surface area contributed by atoms with Gasteiger partial charge in [-0.05, 0) is 30.4 Å². The Bertz CT molecular complexity index is 499. The van der Waals surface area contributed by atoms with Gasteiger partial charge in [-0.25, -0.2) is 4.98 Å². The lowest BCUT2D eigenvalue weighted by molar-refractivity contribution is 0.734. The SMILES string of the molecule is CC.CC1c2ccccc2CCCc2[nH]cnc21. The first-order valence-corrected chi connectivity index (χ1v) is 6.96. The van der Waals surface area contributed by atoms with E-state index in [-0.39, 0.29) is 0 Å². The van der Waals surface area contributed by atoms with Gasteiger partial charge in [-0.15, -0.1) is 0 Å². The average Bonchev–Trinajstić information content (AvgIpc) is 2.87. The largest absolute Gasteiger partial charge is 0.348 e. The molecule has 2 nitrogen and oxygen atoms in total. The fourth-order valence-electron chi connectivity index (χ4n) is 2.69. The number of fused-ring (bicyclic) bond motifs is 2. The number of nitrogens with one attached hydrogen (secondary N) is 1. The summed E-state index contributed by atoms with van der Waals surface area (Å²) in [4.78, 5) is 7.76. The second-order valence-corrected chi connectivity index (χ2v) is 4.54. The van der Waals surface area contributed by atoms with E-state index in [2.05, 4.69) is 41.2 Å². The topological polar surface area (TPSA) is 28.7 Å². The van der Waals surface area contributed by atoms with Gasteiger partial charge in [-0.2, -0.15) is 0 Å². The number of H-pyrrole nitrogens is 1. The van der Waals surface area contributed by atoms with Crippen molar-refractivity contribution in [3.63, 3.8) is 0 Å². The Labute approximate surface area is 109 Å². The van der Waals surface area contributed by atoms with E-state index in [1.807, 2.05) is 20.2 Å². The molecule has 1 N–H and O–H groups in total. The molecular weight excluding hydrogens is 220 g/mol. The van der Waals surface area contributed by atoms with Crippen molar-refractivity contribution in [1.29, 1.82) is 0 Å². The molecule has 1 atom stereocenters. The zero-order valence-electron chi connectivity index (χ0n) is 11.5. The summed E-state index contributed by atoms with van der Waals surface area (Å²) >= 11 is 0. The lowest BCUT2D eigenvalue weighted by atomic mass is 9.87. The highest BCUT2D eigenvalue weighted by atomic mass is 14.9. The summed E-state index contributed by atoms with van der Waals surface area (Å²) in [6.45, 7) is 6.25. The van der Waals surface area contributed by atoms with Gasteiger partial charge >= 0.3 is 0 Å². The second kappa shape index (κ2) is 5.85. The van der Waals surface area contributed by atoms with E-state index < -0.39 is 0 Å². The summed E-state index contributed by atoms with van der Waals surface area (Å²) in [5, 5.41) is 0. The van der Waals surface area contributed by atoms with Crippen molar-refractivity contribution >= 4 is 0 Å². The van der Waals surface area contributed by atoms with Crippen LogP contribution in [0.3, 0.4) is 0 Å². The number of hydrogen-bond donors (Lipinski definition) is 1. The van der Waals surface area contributed by atoms with Gasteiger partial charge in [-0.3, -0.25) is 0 Å². The van der Waals surface area contributed by atoms with Crippen LogP contribution < -0.4 is 0 Å². The van der Waals surface area contributed by atoms with Crippen molar-refractivity contribution in [3.8, 4) is 0 Å². The number of aromatic nitrogens is 2. The zero-order valence-corrected chi connectivity index (χ0v) is 11.5. The molecule has 0 bridgehead atoms. The third-order valence-corrected chi connectivity index (χ3v) is 3.56. The normalized spacial score (nSPS) is 17.6. The van der Waals surface area contributed by atoms with Crippen molar-refractivity contribution in [1.82, 2.24) is 9.97 Å². The van der Waals surface area contributed by atoms with Crippen LogP contribution in [0.5, 0.6) is 0 Å². The molecule has 1 heterocycles. The maximum atomic E-state index is 4.48. The Balaban J connectivity index is 0.000000574. The number of benzene rings is 1. The summed E-state index contributed by atoms with van der Waals surface area (Å²) < 4.78 is 0. The summed E-state index contributed by atoms with van der Waals surface area (Å²) in [7, 11) is 0. The van der Waals surface area contributed by atoms with E-state index in [0.29, 0.717) is 5.92 Å². The molecule has 0 saturated carbocycles. The van der Waals surface area contributed by atoms with Crippen molar-refractivity contribution < 1.29 is 0 Å². The van der Waals surface area contributed by atoms with Gasteiger partial charge in [-0.1, -0.05) is 45.0 Å². The Morgan fingerprint density at radius 3 is 2.78 bits per heavy atom. The smallest absolute Gasteiger partial charge is 0.0925 e. The van der Waals surface area contributed by atoms with Gasteiger partial charge in [0.2, 0.25) is 0 Å². The molecule has 1 aliphatic rings. The molecule has 1 aliphatic carbocycles. The molecule has 2 heteroatoms. The number of imidazole rings is 1. The van der Waals surface area contributed by atoms with Gasteiger partial charge in [0, 0.05) is 11.6 Å². The molecule has 1 aromatic heterocycles. The molecule has 1 aromatic carbocycles. The number of aryl methyl sites for hydroxylation is 2. The first-order chi connectivity index (χ1) is 8.86. The second-order valence-electron chi connectivity index (χ2n) is 4.54. The van der Waals surface area contributed by atoms with E-state index in [9.17, 15) is 0 Å². The summed E-state index contributed by atoms with van der Waals surface area (Å²) in [5.74, 6) is 0.415. The van der Waals surface area contributed by atoms with Gasteiger partial charge in [0.25, 0.3) is 0 Å². The minimum atomic E-state index is 0.415. The Hall–Kier alpha value is -1.57. The molecule has 0 fully saturated rings. The number of rotatable bonds is 0. The number of aromatic amines is 1. The van der Waals surface area contributed by atoms with Crippen molar-refractivity contribution in [3.05, 3.63) is 53.1 Å². The molecule has 3 rings (SSSR count). The molecule has 0 radical (unpaired) electrons. The lowest BCUT2D eigenvalue weighted by Gasteiger charge is -2.19. The minimum absolute atomic E-state index is 0.415. The molecule has 18 heavy (non-hydrogen) atoms. The highest BCUT2D eigenvalue weighted by Crippen LogP contribution is 2.30. The highest BCUT2D eigenvalue weighted by molar-refractivity contribution is 5.37. The molecule has 2 aromatic rings. The van der Waals surface area contributed by atoms with E-state index >= 15 is 0 Å². The minimum Gasteiger partial charge on any atom is -0.348 e. The van der Waals surface area contributed by atoms with E-state index in [0.717, 1.165) is 6.42 Å². The highest BCUT2D eigenvalue weighted by Gasteiger charge is 2.20. The fraction of sp³-hybridized carbons (Fsp3) is 0.438. The molecule has 0 amide bonds. The van der Waals surface area contributed by atoms with Gasteiger partial charge in [0.05, 0.1) is 12.0 Å². The van der Waals surface area contributed by atoms with Crippen LogP contribution in [0.4, 0.5) is 0 Å². The standard InChI is InChI=1S/C14H16N2.C2H6/c1-10-12-7-3-2-5-11(12)6-4-8-13-14(10)16-9-15-13;1-2/h2-3,5,7,9-10H,4,6,8H2,1H3,(H,15,16);1-2H3. The van der Waals surface area contributed by atoms with Gasteiger partial charge in [0.1, 0.15) is 0 Å². The van der Waals surface area contributed by atoms with Crippen molar-refractivity contribution in [2.75, 3.05) is 0 Å². The van der Waals surface area contributed by atoms with E-state index in [4.69, 9.17) is 0 Å². The maximum Gasteiger partial charge on any atom is 0.0925 e. The molecule has 0 spiro atoms. The van der Waals surface area contributed by atoms with Crippen molar-refractivity contribution in [2.24, 2.45) is 0 Å². The third kappa shape index (κ3) is 2.33. The molecule has 1 unspecified atom stereocenters. The van der Waals surface area contributed by atoms with Crippen molar-refractivity contribution in [2.45, 2.75) is 46.0 Å². The van der Waals surface area contributed by atoms with Crippen LogP contribution in [0, 0.1) is 0 Å². The fourth-order valence-corrected chi connectivity index (χ4v) is 2.69. The van der Waals surface area contributed by atoms with E-state index in [1.165, 1.54) is 35.4 Å².